The number of carbonyl (C=O) groups excluding carboxylic acids is 1. The summed E-state index contributed by atoms with van der Waals surface area (Å²) in [5.41, 5.74) is 5.49. The highest BCUT2D eigenvalue weighted by Gasteiger charge is 2.37. The van der Waals surface area contributed by atoms with Crippen molar-refractivity contribution in [3.63, 3.8) is 0 Å². The Balaban J connectivity index is 1.25. The van der Waals surface area contributed by atoms with Gasteiger partial charge in [-0.2, -0.15) is 0 Å². The summed E-state index contributed by atoms with van der Waals surface area (Å²) in [6, 6.07) is 12.0. The lowest BCUT2D eigenvalue weighted by Crippen LogP contribution is -2.43. The lowest BCUT2D eigenvalue weighted by Gasteiger charge is -2.37. The highest BCUT2D eigenvalue weighted by Crippen LogP contribution is 2.44. The number of nitrogens with zero attached hydrogens (tertiary/aromatic N) is 4. The molecule has 2 N–H and O–H groups in total. The molecule has 2 aromatic carbocycles. The second kappa shape index (κ2) is 17.3. The predicted octanol–water partition coefficient (Wildman–Crippen LogP) is 9.08. The molecule has 2 aromatic heterocycles. The Morgan fingerprint density at radius 1 is 1.07 bits per heavy atom. The van der Waals surface area contributed by atoms with Gasteiger partial charge in [0.05, 0.1) is 47.8 Å². The first-order valence-electron chi connectivity index (χ1n) is 19.0. The molecule has 2 aliphatic rings. The van der Waals surface area contributed by atoms with Crippen molar-refractivity contribution >= 4 is 43.5 Å². The third-order valence-corrected chi connectivity index (χ3v) is 16.7. The number of carbonyl (C=O) groups is 2. The summed E-state index contributed by atoms with van der Waals surface area (Å²) in [5, 5.41) is 13.5. The van der Waals surface area contributed by atoms with Gasteiger partial charge in [0.1, 0.15) is 11.6 Å². The van der Waals surface area contributed by atoms with Gasteiger partial charge < -0.3 is 29.2 Å². The third kappa shape index (κ3) is 9.23. The fourth-order valence-corrected chi connectivity index (χ4v) is 8.77. The van der Waals surface area contributed by atoms with Crippen LogP contribution in [-0.4, -0.2) is 91.7 Å². The number of hydrogen-bond donors (Lipinski definition) is 2. The molecule has 1 saturated heterocycles. The molecule has 11 nitrogen and oxygen atoms in total. The van der Waals surface area contributed by atoms with Crippen molar-refractivity contribution in [2.24, 2.45) is 0 Å². The van der Waals surface area contributed by atoms with E-state index in [-0.39, 0.29) is 52.2 Å². The second-order valence-electron chi connectivity index (χ2n) is 16.1. The van der Waals surface area contributed by atoms with Gasteiger partial charge in [-0.3, -0.25) is 14.7 Å². The van der Waals surface area contributed by atoms with E-state index in [2.05, 4.69) is 60.1 Å². The van der Waals surface area contributed by atoms with E-state index in [0.29, 0.717) is 46.9 Å². The van der Waals surface area contributed by atoms with Gasteiger partial charge in [0.25, 0.3) is 0 Å². The van der Waals surface area contributed by atoms with Gasteiger partial charge in [-0.05, 0) is 54.7 Å². The van der Waals surface area contributed by atoms with Crippen molar-refractivity contribution in [2.45, 2.75) is 77.3 Å². The summed E-state index contributed by atoms with van der Waals surface area (Å²) < 4.78 is 33.7. The standard InChI is InChI=1S/C42H50Cl2FN5O6Si/c1-42(2,3)57(6,7)56-18-17-49-16-14-25-19-26(20-35(54-4)31(25)23-49)39-38(44)29(13-15-46-39)28-9-8-10-30(37(28)43)34-21-33(45)32(40(48-34)55-5)24-50(41(52)53)22-27-11-12-36(51)47-27/h8-10,13,15,19-21,27H,11-12,14,16-18,22-24H2,1-7H3,(H,47,51)(H,52,53). The van der Waals surface area contributed by atoms with Crippen LogP contribution in [0.5, 0.6) is 11.6 Å². The van der Waals surface area contributed by atoms with E-state index in [1.54, 1.807) is 31.5 Å². The van der Waals surface area contributed by atoms with Crippen molar-refractivity contribution in [2.75, 3.05) is 40.5 Å². The zero-order chi connectivity index (χ0) is 41.2. The number of aromatic nitrogens is 2. The number of benzene rings is 2. The maximum Gasteiger partial charge on any atom is 0.407 e. The molecule has 0 saturated carbocycles. The van der Waals surface area contributed by atoms with E-state index in [9.17, 15) is 14.7 Å². The first-order chi connectivity index (χ1) is 27.0. The smallest absolute Gasteiger partial charge is 0.407 e. The summed E-state index contributed by atoms with van der Waals surface area (Å²) in [6.07, 6.45) is 2.06. The number of amides is 2. The van der Waals surface area contributed by atoms with Crippen molar-refractivity contribution in [3.8, 4) is 45.3 Å². The summed E-state index contributed by atoms with van der Waals surface area (Å²) in [6.45, 7) is 14.2. The van der Waals surface area contributed by atoms with Crippen LogP contribution in [0.2, 0.25) is 28.2 Å². The molecule has 6 rings (SSSR count). The summed E-state index contributed by atoms with van der Waals surface area (Å²) in [7, 11) is 1.18. The number of ether oxygens (including phenoxy) is 2. The van der Waals surface area contributed by atoms with Crippen LogP contribution in [0.1, 0.15) is 50.3 Å². The molecule has 4 heterocycles. The Labute approximate surface area is 344 Å². The molecule has 1 unspecified atom stereocenters. The van der Waals surface area contributed by atoms with E-state index >= 15 is 4.39 Å². The molecule has 15 heteroatoms. The minimum atomic E-state index is -1.84. The number of rotatable bonds is 13. The SMILES string of the molecule is COc1cc(-c2nccc(-c3cccc(-c4cc(F)c(CN(CC5CCC(=O)N5)C(=O)O)c(OC)n4)c3Cl)c2Cl)cc2c1CN(CCO[Si](C)(C)C(C)(C)C)CC2. The van der Waals surface area contributed by atoms with Crippen molar-refractivity contribution in [3.05, 3.63) is 81.2 Å². The molecular weight excluding hydrogens is 788 g/mol. The minimum Gasteiger partial charge on any atom is -0.496 e. The van der Waals surface area contributed by atoms with Crippen molar-refractivity contribution in [1.29, 1.82) is 0 Å². The molecule has 0 spiro atoms. The van der Waals surface area contributed by atoms with Crippen LogP contribution in [0.15, 0.2) is 48.7 Å². The normalized spacial score (nSPS) is 16.0. The van der Waals surface area contributed by atoms with E-state index in [0.717, 1.165) is 47.8 Å². The molecule has 0 radical (unpaired) electrons. The van der Waals surface area contributed by atoms with Crippen LogP contribution >= 0.6 is 23.2 Å². The largest absolute Gasteiger partial charge is 0.496 e. The second-order valence-corrected chi connectivity index (χ2v) is 21.6. The molecule has 304 valence electrons. The fraction of sp³-hybridized carbons (Fsp3) is 0.429. The quantitative estimate of drug-likeness (QED) is 0.127. The van der Waals surface area contributed by atoms with Gasteiger partial charge >= 0.3 is 6.09 Å². The monoisotopic (exact) mass is 837 g/mol. The molecule has 2 aliphatic heterocycles. The number of nitrogens with one attached hydrogen (secondary N) is 1. The van der Waals surface area contributed by atoms with Gasteiger partial charge in [0.15, 0.2) is 8.32 Å². The Kier molecular flexibility index (Phi) is 12.8. The molecular formula is C42H50Cl2FN5O6Si. The highest BCUT2D eigenvalue weighted by atomic mass is 35.5. The first-order valence-corrected chi connectivity index (χ1v) is 22.7. The van der Waals surface area contributed by atoms with Gasteiger partial charge in [-0.1, -0.05) is 62.2 Å². The number of methoxy groups -OCH3 is 2. The predicted molar refractivity (Wildman–Crippen MR) is 223 cm³/mol. The van der Waals surface area contributed by atoms with Crippen LogP contribution in [0.3, 0.4) is 0 Å². The topological polar surface area (TPSA) is 126 Å². The van der Waals surface area contributed by atoms with Crippen molar-refractivity contribution in [1.82, 2.24) is 25.1 Å². The number of hydrogen-bond acceptors (Lipinski definition) is 8. The maximum atomic E-state index is 15.9. The number of pyridine rings is 2. The average molecular weight is 839 g/mol. The van der Waals surface area contributed by atoms with E-state index in [1.165, 1.54) is 18.7 Å². The zero-order valence-corrected chi connectivity index (χ0v) is 36.0. The van der Waals surface area contributed by atoms with Crippen molar-refractivity contribution < 1.29 is 33.0 Å². The van der Waals surface area contributed by atoms with Gasteiger partial charge in [-0.25, -0.2) is 14.2 Å². The van der Waals surface area contributed by atoms with E-state index < -0.39 is 20.2 Å². The molecule has 2 amide bonds. The van der Waals surface area contributed by atoms with Crippen LogP contribution in [-0.2, 0) is 28.7 Å². The molecule has 4 aromatic rings. The average Bonchev–Trinajstić information content (AvgIpc) is 3.58. The van der Waals surface area contributed by atoms with Crippen LogP contribution in [0.25, 0.3) is 33.6 Å². The number of carboxylic acid groups (broad SMARTS) is 1. The van der Waals surface area contributed by atoms with E-state index in [1.807, 2.05) is 12.1 Å². The van der Waals surface area contributed by atoms with Gasteiger partial charge in [0.2, 0.25) is 11.8 Å². The highest BCUT2D eigenvalue weighted by molar-refractivity contribution is 6.74. The number of fused-ring (bicyclic) bond motifs is 1. The Hall–Kier alpha value is -4.27. The van der Waals surface area contributed by atoms with Crippen LogP contribution in [0.4, 0.5) is 9.18 Å². The lowest BCUT2D eigenvalue weighted by atomic mass is 9.94. The molecule has 0 bridgehead atoms. The lowest BCUT2D eigenvalue weighted by molar-refractivity contribution is -0.119. The van der Waals surface area contributed by atoms with Crippen LogP contribution in [0, 0.1) is 5.82 Å². The van der Waals surface area contributed by atoms with Crippen LogP contribution < -0.4 is 14.8 Å². The van der Waals surface area contributed by atoms with E-state index in [4.69, 9.17) is 37.1 Å². The summed E-state index contributed by atoms with van der Waals surface area (Å²) in [4.78, 5) is 36.5. The molecule has 1 fully saturated rings. The fourth-order valence-electron chi connectivity index (χ4n) is 7.08. The first kappa shape index (κ1) is 42.3. The maximum absolute atomic E-state index is 15.9. The minimum absolute atomic E-state index is 0.00154. The molecule has 1 atom stereocenters. The van der Waals surface area contributed by atoms with Gasteiger partial charge in [0, 0.05) is 85.3 Å². The zero-order valence-electron chi connectivity index (χ0n) is 33.5. The molecule has 0 aliphatic carbocycles. The third-order valence-electron chi connectivity index (χ3n) is 11.4. The summed E-state index contributed by atoms with van der Waals surface area (Å²) in [5.74, 6) is -0.175. The van der Waals surface area contributed by atoms with Gasteiger partial charge in [-0.15, -0.1) is 0 Å². The number of halogens is 3. The Morgan fingerprint density at radius 3 is 2.47 bits per heavy atom. The summed E-state index contributed by atoms with van der Waals surface area (Å²) >= 11 is 14.2. The Morgan fingerprint density at radius 2 is 1.81 bits per heavy atom. The molecule has 57 heavy (non-hydrogen) atoms. The Bertz CT molecular complexity index is 2150.